The highest BCUT2D eigenvalue weighted by atomic mass is 16.6. The van der Waals surface area contributed by atoms with Crippen LogP contribution >= 0.6 is 0 Å². The van der Waals surface area contributed by atoms with Crippen molar-refractivity contribution in [2.75, 3.05) is 18.8 Å². The lowest BCUT2D eigenvalue weighted by Gasteiger charge is -2.24. The van der Waals surface area contributed by atoms with Gasteiger partial charge in [0.05, 0.1) is 24.6 Å². The maximum atomic E-state index is 11.9. The fraction of sp³-hybridized carbons (Fsp3) is 0.615. The van der Waals surface area contributed by atoms with Crippen LogP contribution in [0, 0.1) is 0 Å². The Balaban J connectivity index is 1.86. The summed E-state index contributed by atoms with van der Waals surface area (Å²) < 4.78 is 10.9. The molecule has 0 aliphatic carbocycles. The van der Waals surface area contributed by atoms with Gasteiger partial charge in [0.1, 0.15) is 11.7 Å². The zero-order chi connectivity index (χ0) is 14.8. The van der Waals surface area contributed by atoms with Gasteiger partial charge in [0.15, 0.2) is 0 Å². The van der Waals surface area contributed by atoms with E-state index >= 15 is 0 Å². The van der Waals surface area contributed by atoms with E-state index in [1.165, 1.54) is 12.4 Å². The van der Waals surface area contributed by atoms with Crippen LogP contribution in [0.25, 0.3) is 0 Å². The third kappa shape index (κ3) is 3.97. The van der Waals surface area contributed by atoms with Crippen LogP contribution in [-0.2, 0) is 4.74 Å². The maximum Gasteiger partial charge on any atom is 0.410 e. The first-order valence-electron chi connectivity index (χ1n) is 6.55. The van der Waals surface area contributed by atoms with Crippen molar-refractivity contribution in [3.63, 3.8) is 0 Å². The molecule has 7 nitrogen and oxygen atoms in total. The second kappa shape index (κ2) is 5.52. The molecule has 1 aromatic rings. The van der Waals surface area contributed by atoms with Gasteiger partial charge in [0.2, 0.25) is 0 Å². The quantitative estimate of drug-likeness (QED) is 0.881. The van der Waals surface area contributed by atoms with Crippen LogP contribution in [0.1, 0.15) is 27.2 Å². The number of hydrogen-bond acceptors (Lipinski definition) is 6. The topological polar surface area (TPSA) is 90.6 Å². The normalized spacial score (nSPS) is 18.9. The molecule has 1 saturated heterocycles. The molecule has 0 unspecified atom stereocenters. The molecule has 2 rings (SSSR count). The van der Waals surface area contributed by atoms with E-state index in [0.717, 1.165) is 6.42 Å². The Morgan fingerprint density at radius 2 is 2.05 bits per heavy atom. The summed E-state index contributed by atoms with van der Waals surface area (Å²) in [5.41, 5.74) is 5.50. The SMILES string of the molecule is CC(C)(C)OC(=O)N1CC[C@H](Oc2ncc(N)cn2)C1. The van der Waals surface area contributed by atoms with Gasteiger partial charge in [-0.1, -0.05) is 0 Å². The van der Waals surface area contributed by atoms with Crippen LogP contribution in [0.5, 0.6) is 6.01 Å². The van der Waals surface area contributed by atoms with E-state index in [2.05, 4.69) is 9.97 Å². The van der Waals surface area contributed by atoms with Gasteiger partial charge in [0.25, 0.3) is 0 Å². The highest BCUT2D eigenvalue weighted by molar-refractivity contribution is 5.68. The summed E-state index contributed by atoms with van der Waals surface area (Å²) in [5, 5.41) is 0. The lowest BCUT2D eigenvalue weighted by molar-refractivity contribution is 0.0274. The molecule has 1 amide bonds. The number of carbonyl (C=O) groups excluding carboxylic acids is 1. The summed E-state index contributed by atoms with van der Waals surface area (Å²) >= 11 is 0. The molecule has 2 heterocycles. The molecule has 7 heteroatoms. The molecule has 0 aromatic carbocycles. The van der Waals surface area contributed by atoms with Crippen LogP contribution < -0.4 is 10.5 Å². The van der Waals surface area contributed by atoms with E-state index in [1.807, 2.05) is 20.8 Å². The van der Waals surface area contributed by atoms with Gasteiger partial charge in [-0.25, -0.2) is 14.8 Å². The van der Waals surface area contributed by atoms with E-state index in [1.54, 1.807) is 4.90 Å². The Hall–Kier alpha value is -2.05. The van der Waals surface area contributed by atoms with E-state index in [4.69, 9.17) is 15.2 Å². The molecule has 2 N–H and O–H groups in total. The second-order valence-electron chi connectivity index (χ2n) is 5.75. The Labute approximate surface area is 118 Å². The highest BCUT2D eigenvalue weighted by Gasteiger charge is 2.31. The van der Waals surface area contributed by atoms with Gasteiger partial charge < -0.3 is 20.1 Å². The Bertz CT molecular complexity index is 469. The number of aromatic nitrogens is 2. The van der Waals surface area contributed by atoms with Crippen LogP contribution in [0.4, 0.5) is 10.5 Å². The van der Waals surface area contributed by atoms with Crippen molar-refractivity contribution in [2.24, 2.45) is 0 Å². The molecule has 1 atom stereocenters. The minimum absolute atomic E-state index is 0.119. The van der Waals surface area contributed by atoms with E-state index < -0.39 is 5.60 Å². The number of likely N-dealkylation sites (tertiary alicyclic amines) is 1. The number of rotatable bonds is 2. The molecule has 20 heavy (non-hydrogen) atoms. The molecule has 1 aromatic heterocycles. The lowest BCUT2D eigenvalue weighted by atomic mass is 10.2. The molecule has 0 radical (unpaired) electrons. The first-order valence-corrected chi connectivity index (χ1v) is 6.55. The summed E-state index contributed by atoms with van der Waals surface area (Å²) in [7, 11) is 0. The molecular formula is C13H20N4O3. The van der Waals surface area contributed by atoms with Crippen molar-refractivity contribution < 1.29 is 14.3 Å². The molecule has 1 aliphatic rings. The number of nitrogen functional groups attached to an aromatic ring is 1. The molecule has 1 fully saturated rings. The van der Waals surface area contributed by atoms with Crippen molar-refractivity contribution in [3.8, 4) is 6.01 Å². The summed E-state index contributed by atoms with van der Waals surface area (Å²) in [5.74, 6) is 0. The van der Waals surface area contributed by atoms with Crippen LogP contribution in [0.3, 0.4) is 0 Å². The number of ether oxygens (including phenoxy) is 2. The molecule has 110 valence electrons. The smallest absolute Gasteiger partial charge is 0.410 e. The standard InChI is InChI=1S/C13H20N4O3/c1-13(2,3)20-12(18)17-5-4-10(8-17)19-11-15-6-9(14)7-16-11/h6-7,10H,4-5,8,14H2,1-3H3/t10-/m0/s1. The third-order valence-corrected chi connectivity index (χ3v) is 2.72. The van der Waals surface area contributed by atoms with E-state index in [9.17, 15) is 4.79 Å². The van der Waals surface area contributed by atoms with Crippen molar-refractivity contribution in [3.05, 3.63) is 12.4 Å². The van der Waals surface area contributed by atoms with Gasteiger partial charge >= 0.3 is 12.1 Å². The van der Waals surface area contributed by atoms with Gasteiger partial charge in [-0.05, 0) is 20.8 Å². The highest BCUT2D eigenvalue weighted by Crippen LogP contribution is 2.18. The summed E-state index contributed by atoms with van der Waals surface area (Å²) in [6.45, 7) is 6.61. The first kappa shape index (κ1) is 14.4. The maximum absolute atomic E-state index is 11.9. The van der Waals surface area contributed by atoms with Gasteiger partial charge in [-0.2, -0.15) is 0 Å². The number of hydrogen-bond donors (Lipinski definition) is 1. The summed E-state index contributed by atoms with van der Waals surface area (Å²) in [4.78, 5) is 21.5. The molecule has 0 spiro atoms. The largest absolute Gasteiger partial charge is 0.458 e. The van der Waals surface area contributed by atoms with Crippen LogP contribution in [0.15, 0.2) is 12.4 Å². The first-order chi connectivity index (χ1) is 9.33. The number of anilines is 1. The minimum Gasteiger partial charge on any atom is -0.458 e. The van der Waals surface area contributed by atoms with Crippen LogP contribution in [0.2, 0.25) is 0 Å². The Kier molecular flexibility index (Phi) is 3.96. The predicted octanol–water partition coefficient (Wildman–Crippen LogP) is 1.45. The van der Waals surface area contributed by atoms with Crippen molar-refractivity contribution in [2.45, 2.75) is 38.9 Å². The van der Waals surface area contributed by atoms with Crippen molar-refractivity contribution in [1.82, 2.24) is 14.9 Å². The summed E-state index contributed by atoms with van der Waals surface area (Å²) in [6, 6.07) is 0.273. The molecule has 0 saturated carbocycles. The second-order valence-corrected chi connectivity index (χ2v) is 5.75. The predicted molar refractivity (Wildman–Crippen MR) is 73.3 cm³/mol. The molecular weight excluding hydrogens is 260 g/mol. The van der Waals surface area contributed by atoms with E-state index in [0.29, 0.717) is 18.8 Å². The number of nitrogens with two attached hydrogens (primary N) is 1. The monoisotopic (exact) mass is 280 g/mol. The third-order valence-electron chi connectivity index (χ3n) is 2.72. The molecule has 0 bridgehead atoms. The number of carbonyl (C=O) groups is 1. The number of amides is 1. The van der Waals surface area contributed by atoms with Crippen LogP contribution in [-0.4, -0.2) is 45.8 Å². The fourth-order valence-electron chi connectivity index (χ4n) is 1.85. The summed E-state index contributed by atoms with van der Waals surface area (Å²) in [6.07, 6.45) is 3.27. The average Bonchev–Trinajstić information content (AvgIpc) is 2.79. The molecule has 1 aliphatic heterocycles. The van der Waals surface area contributed by atoms with Gasteiger partial charge in [-0.3, -0.25) is 0 Å². The van der Waals surface area contributed by atoms with Crippen molar-refractivity contribution in [1.29, 1.82) is 0 Å². The fourth-order valence-corrected chi connectivity index (χ4v) is 1.85. The van der Waals surface area contributed by atoms with Gasteiger partial charge in [0, 0.05) is 13.0 Å². The van der Waals surface area contributed by atoms with E-state index in [-0.39, 0.29) is 18.2 Å². The number of nitrogens with zero attached hydrogens (tertiary/aromatic N) is 3. The zero-order valence-corrected chi connectivity index (χ0v) is 12.0. The van der Waals surface area contributed by atoms with Gasteiger partial charge in [-0.15, -0.1) is 0 Å². The van der Waals surface area contributed by atoms with Crippen molar-refractivity contribution >= 4 is 11.8 Å². The Morgan fingerprint density at radius 3 is 2.65 bits per heavy atom. The zero-order valence-electron chi connectivity index (χ0n) is 12.0. The lowest BCUT2D eigenvalue weighted by Crippen LogP contribution is -2.36. The average molecular weight is 280 g/mol. The Morgan fingerprint density at radius 1 is 1.40 bits per heavy atom. The minimum atomic E-state index is -0.490.